The van der Waals surface area contributed by atoms with Gasteiger partial charge in [-0.3, -0.25) is 0 Å². The lowest BCUT2D eigenvalue weighted by molar-refractivity contribution is 0.0737. The molecule has 2 N–H and O–H groups in total. The number of anilines is 1. The number of nitrogens with two attached hydrogens (primary N) is 1. The van der Waals surface area contributed by atoms with Crippen molar-refractivity contribution in [3.63, 3.8) is 0 Å². The molecule has 0 radical (unpaired) electrons. The summed E-state index contributed by atoms with van der Waals surface area (Å²) in [4.78, 5) is -0.776. The standard InChI is InChI=1S/C12H18F2N2O3S/c1-8(2)19-5-4-16(3)20(17,18)11-7-9(15)6-10(13)12(11)14/h6-8H,4-5,15H2,1-3H3. The van der Waals surface area contributed by atoms with E-state index in [1.54, 1.807) is 13.8 Å². The fourth-order valence-corrected chi connectivity index (χ4v) is 2.74. The lowest BCUT2D eigenvalue weighted by atomic mass is 10.3. The second-order valence-corrected chi connectivity index (χ2v) is 6.57. The Morgan fingerprint density at radius 1 is 1.35 bits per heavy atom. The number of hydrogen-bond donors (Lipinski definition) is 1. The molecule has 0 aromatic heterocycles. The molecule has 1 aromatic carbocycles. The monoisotopic (exact) mass is 308 g/mol. The minimum atomic E-state index is -4.15. The molecule has 1 aromatic rings. The highest BCUT2D eigenvalue weighted by atomic mass is 32.2. The molecule has 20 heavy (non-hydrogen) atoms. The summed E-state index contributed by atoms with van der Waals surface area (Å²) < 4.78 is 57.3. The molecule has 0 aliphatic carbocycles. The van der Waals surface area contributed by atoms with Gasteiger partial charge < -0.3 is 10.5 Å². The number of benzene rings is 1. The summed E-state index contributed by atoms with van der Waals surface area (Å²) in [7, 11) is -2.89. The molecular weight excluding hydrogens is 290 g/mol. The van der Waals surface area contributed by atoms with E-state index in [1.807, 2.05) is 0 Å². The van der Waals surface area contributed by atoms with Crippen molar-refractivity contribution in [3.8, 4) is 0 Å². The highest BCUT2D eigenvalue weighted by Gasteiger charge is 2.26. The van der Waals surface area contributed by atoms with Gasteiger partial charge in [0.25, 0.3) is 0 Å². The molecule has 0 amide bonds. The average Bonchev–Trinajstić information content (AvgIpc) is 2.32. The Labute approximate surface area is 117 Å². The van der Waals surface area contributed by atoms with Gasteiger partial charge in [0.2, 0.25) is 10.0 Å². The molecule has 0 saturated heterocycles. The van der Waals surface area contributed by atoms with Crippen LogP contribution in [0.15, 0.2) is 17.0 Å². The van der Waals surface area contributed by atoms with Gasteiger partial charge in [0.1, 0.15) is 4.90 Å². The van der Waals surface area contributed by atoms with Gasteiger partial charge in [-0.25, -0.2) is 17.2 Å². The first-order valence-electron chi connectivity index (χ1n) is 5.98. The van der Waals surface area contributed by atoms with Crippen molar-refractivity contribution in [1.82, 2.24) is 4.31 Å². The number of ether oxygens (including phenoxy) is 1. The third kappa shape index (κ3) is 3.87. The van der Waals surface area contributed by atoms with Crippen molar-refractivity contribution in [2.45, 2.75) is 24.8 Å². The van der Waals surface area contributed by atoms with Crippen LogP contribution in [0, 0.1) is 11.6 Å². The van der Waals surface area contributed by atoms with Gasteiger partial charge in [0.15, 0.2) is 11.6 Å². The van der Waals surface area contributed by atoms with Gasteiger partial charge in [-0.2, -0.15) is 4.31 Å². The molecule has 0 saturated carbocycles. The minimum absolute atomic E-state index is 0.0242. The number of halogens is 2. The van der Waals surface area contributed by atoms with E-state index in [2.05, 4.69) is 0 Å². The highest BCUT2D eigenvalue weighted by molar-refractivity contribution is 7.89. The van der Waals surface area contributed by atoms with Gasteiger partial charge >= 0.3 is 0 Å². The molecule has 0 atom stereocenters. The van der Waals surface area contributed by atoms with E-state index in [-0.39, 0.29) is 24.9 Å². The summed E-state index contributed by atoms with van der Waals surface area (Å²) in [5.41, 5.74) is 5.19. The maximum Gasteiger partial charge on any atom is 0.246 e. The quantitative estimate of drug-likeness (QED) is 0.810. The predicted molar refractivity (Wildman–Crippen MR) is 71.7 cm³/mol. The van der Waals surface area contributed by atoms with E-state index >= 15 is 0 Å². The first-order chi connectivity index (χ1) is 9.16. The van der Waals surface area contributed by atoms with E-state index in [4.69, 9.17) is 10.5 Å². The summed E-state index contributed by atoms with van der Waals surface area (Å²) in [6, 6.07) is 1.63. The van der Waals surface area contributed by atoms with Crippen LogP contribution in [0.25, 0.3) is 0 Å². The fraction of sp³-hybridized carbons (Fsp3) is 0.500. The molecule has 114 valence electrons. The number of sulfonamides is 1. The maximum absolute atomic E-state index is 13.6. The third-order valence-corrected chi connectivity index (χ3v) is 4.42. The number of rotatable bonds is 6. The molecular formula is C12H18F2N2O3S. The Morgan fingerprint density at radius 3 is 2.50 bits per heavy atom. The van der Waals surface area contributed by atoms with Crippen molar-refractivity contribution >= 4 is 15.7 Å². The normalized spacial score (nSPS) is 12.3. The summed E-state index contributed by atoms with van der Waals surface area (Å²) in [5.74, 6) is -2.73. The fourth-order valence-electron chi connectivity index (χ4n) is 1.48. The van der Waals surface area contributed by atoms with Crippen molar-refractivity contribution in [1.29, 1.82) is 0 Å². The summed E-state index contributed by atoms with van der Waals surface area (Å²) in [6.07, 6.45) is -0.0485. The van der Waals surface area contributed by atoms with Crippen LogP contribution in [-0.4, -0.2) is 39.0 Å². The molecule has 0 aliphatic rings. The Bertz CT molecular complexity index is 576. The van der Waals surface area contributed by atoms with E-state index in [0.29, 0.717) is 0 Å². The van der Waals surface area contributed by atoms with Gasteiger partial charge in [0.05, 0.1) is 12.7 Å². The molecule has 0 aliphatic heterocycles. The van der Waals surface area contributed by atoms with Crippen molar-refractivity contribution in [2.24, 2.45) is 0 Å². The van der Waals surface area contributed by atoms with Crippen LogP contribution in [0.2, 0.25) is 0 Å². The molecule has 8 heteroatoms. The predicted octanol–water partition coefficient (Wildman–Crippen LogP) is 1.59. The van der Waals surface area contributed by atoms with Crippen LogP contribution >= 0.6 is 0 Å². The first kappa shape index (κ1) is 16.8. The zero-order valence-electron chi connectivity index (χ0n) is 11.6. The molecule has 0 fully saturated rings. The second-order valence-electron chi connectivity index (χ2n) is 4.56. The molecule has 0 bridgehead atoms. The van der Waals surface area contributed by atoms with Crippen LogP contribution in [0.4, 0.5) is 14.5 Å². The molecule has 1 rings (SSSR count). The van der Waals surface area contributed by atoms with E-state index < -0.39 is 26.6 Å². The Hall–Kier alpha value is -1.25. The van der Waals surface area contributed by atoms with Crippen molar-refractivity contribution in [2.75, 3.05) is 25.9 Å². The van der Waals surface area contributed by atoms with E-state index in [9.17, 15) is 17.2 Å². The third-order valence-electron chi connectivity index (χ3n) is 2.56. The minimum Gasteiger partial charge on any atom is -0.399 e. The number of nitrogen functional groups attached to an aromatic ring is 1. The zero-order chi connectivity index (χ0) is 15.5. The topological polar surface area (TPSA) is 72.6 Å². The summed E-state index contributed by atoms with van der Waals surface area (Å²) >= 11 is 0. The number of hydrogen-bond acceptors (Lipinski definition) is 4. The Kier molecular flexibility index (Phi) is 5.43. The average molecular weight is 308 g/mol. The highest BCUT2D eigenvalue weighted by Crippen LogP contribution is 2.23. The zero-order valence-corrected chi connectivity index (χ0v) is 12.4. The van der Waals surface area contributed by atoms with Crippen LogP contribution in [-0.2, 0) is 14.8 Å². The Morgan fingerprint density at radius 2 is 1.95 bits per heavy atom. The second kappa shape index (κ2) is 6.47. The van der Waals surface area contributed by atoms with Gasteiger partial charge in [0, 0.05) is 19.3 Å². The Balaban J connectivity index is 2.99. The molecule has 0 unspecified atom stereocenters. The lowest BCUT2D eigenvalue weighted by Crippen LogP contribution is -2.31. The molecule has 0 spiro atoms. The smallest absolute Gasteiger partial charge is 0.246 e. The summed E-state index contributed by atoms with van der Waals surface area (Å²) in [5, 5.41) is 0. The summed E-state index contributed by atoms with van der Waals surface area (Å²) in [6.45, 7) is 3.79. The first-order valence-corrected chi connectivity index (χ1v) is 7.42. The van der Waals surface area contributed by atoms with Gasteiger partial charge in [-0.1, -0.05) is 0 Å². The maximum atomic E-state index is 13.6. The lowest BCUT2D eigenvalue weighted by Gasteiger charge is -2.18. The number of likely N-dealkylation sites (N-methyl/N-ethyl adjacent to an activating group) is 1. The van der Waals surface area contributed by atoms with Crippen molar-refractivity contribution in [3.05, 3.63) is 23.8 Å². The number of nitrogens with zero attached hydrogens (tertiary/aromatic N) is 1. The van der Waals surface area contributed by atoms with Gasteiger partial charge in [-0.05, 0) is 26.0 Å². The van der Waals surface area contributed by atoms with Crippen LogP contribution in [0.5, 0.6) is 0 Å². The largest absolute Gasteiger partial charge is 0.399 e. The molecule has 5 nitrogen and oxygen atoms in total. The van der Waals surface area contributed by atoms with Crippen LogP contribution < -0.4 is 5.73 Å². The van der Waals surface area contributed by atoms with Crippen LogP contribution in [0.3, 0.4) is 0 Å². The van der Waals surface area contributed by atoms with Crippen LogP contribution in [0.1, 0.15) is 13.8 Å². The SMILES string of the molecule is CC(C)OCCN(C)S(=O)(=O)c1cc(N)cc(F)c1F. The van der Waals surface area contributed by atoms with Gasteiger partial charge in [-0.15, -0.1) is 0 Å². The van der Waals surface area contributed by atoms with Crippen molar-refractivity contribution < 1.29 is 21.9 Å². The van der Waals surface area contributed by atoms with E-state index in [1.165, 1.54) is 7.05 Å². The molecule has 0 heterocycles. The van der Waals surface area contributed by atoms with E-state index in [0.717, 1.165) is 16.4 Å².